The van der Waals surface area contributed by atoms with Crippen LogP contribution in [-0.2, 0) is 14.8 Å². The molecule has 0 radical (unpaired) electrons. The SMILES string of the molecule is CC(=O)N1CCOc2ccc(S(=O)(=O)NCC(C)C)cc21. The second-order valence-electron chi connectivity index (χ2n) is 5.39. The van der Waals surface area contributed by atoms with E-state index in [0.717, 1.165) is 0 Å². The molecular formula is C14H20N2O4S. The molecule has 0 saturated carbocycles. The van der Waals surface area contributed by atoms with Crippen LogP contribution >= 0.6 is 0 Å². The van der Waals surface area contributed by atoms with E-state index in [4.69, 9.17) is 4.74 Å². The third kappa shape index (κ3) is 3.54. The van der Waals surface area contributed by atoms with Gasteiger partial charge in [-0.2, -0.15) is 0 Å². The van der Waals surface area contributed by atoms with Crippen molar-refractivity contribution in [3.8, 4) is 5.75 Å². The molecular weight excluding hydrogens is 292 g/mol. The second kappa shape index (κ2) is 6.03. The summed E-state index contributed by atoms with van der Waals surface area (Å²) in [5.74, 6) is 0.609. The highest BCUT2D eigenvalue weighted by atomic mass is 32.2. The molecule has 0 aromatic heterocycles. The summed E-state index contributed by atoms with van der Waals surface area (Å²) in [5.41, 5.74) is 0.501. The van der Waals surface area contributed by atoms with Gasteiger partial charge in [-0.15, -0.1) is 0 Å². The maximum atomic E-state index is 12.2. The largest absolute Gasteiger partial charge is 0.490 e. The fraction of sp³-hybridized carbons (Fsp3) is 0.500. The third-order valence-corrected chi connectivity index (χ3v) is 4.59. The lowest BCUT2D eigenvalue weighted by Gasteiger charge is -2.29. The van der Waals surface area contributed by atoms with Crippen LogP contribution < -0.4 is 14.4 Å². The Hall–Kier alpha value is -1.60. The van der Waals surface area contributed by atoms with Crippen LogP contribution in [-0.4, -0.2) is 34.0 Å². The van der Waals surface area contributed by atoms with Gasteiger partial charge in [0.15, 0.2) is 0 Å². The predicted octanol–water partition coefficient (Wildman–Crippen LogP) is 1.37. The summed E-state index contributed by atoms with van der Waals surface area (Å²) >= 11 is 0. The highest BCUT2D eigenvalue weighted by Gasteiger charge is 2.24. The van der Waals surface area contributed by atoms with Crippen LogP contribution in [0.1, 0.15) is 20.8 Å². The van der Waals surface area contributed by atoms with Crippen molar-refractivity contribution in [3.05, 3.63) is 18.2 Å². The number of hydrogen-bond donors (Lipinski definition) is 1. The van der Waals surface area contributed by atoms with E-state index in [1.165, 1.54) is 24.0 Å². The van der Waals surface area contributed by atoms with E-state index >= 15 is 0 Å². The Morgan fingerprint density at radius 3 is 2.76 bits per heavy atom. The molecule has 1 aliphatic rings. The molecule has 0 unspecified atom stereocenters. The number of fused-ring (bicyclic) bond motifs is 1. The number of nitrogens with zero attached hydrogens (tertiary/aromatic N) is 1. The van der Waals surface area contributed by atoms with E-state index in [9.17, 15) is 13.2 Å². The van der Waals surface area contributed by atoms with Crippen molar-refractivity contribution < 1.29 is 17.9 Å². The summed E-state index contributed by atoms with van der Waals surface area (Å²) in [6.45, 7) is 6.51. The van der Waals surface area contributed by atoms with Gasteiger partial charge in [0.2, 0.25) is 15.9 Å². The first kappa shape index (κ1) is 15.8. The molecule has 6 nitrogen and oxygen atoms in total. The topological polar surface area (TPSA) is 75.7 Å². The van der Waals surface area contributed by atoms with E-state index in [0.29, 0.717) is 31.1 Å². The van der Waals surface area contributed by atoms with E-state index in [1.54, 1.807) is 6.07 Å². The first-order valence-corrected chi connectivity index (χ1v) is 8.34. The number of sulfonamides is 1. The van der Waals surface area contributed by atoms with Gasteiger partial charge in [0.1, 0.15) is 12.4 Å². The van der Waals surface area contributed by atoms with Gasteiger partial charge in [0.25, 0.3) is 0 Å². The normalized spacial score (nSPS) is 14.8. The van der Waals surface area contributed by atoms with Gasteiger partial charge in [-0.3, -0.25) is 4.79 Å². The van der Waals surface area contributed by atoms with Crippen molar-refractivity contribution in [2.24, 2.45) is 5.92 Å². The van der Waals surface area contributed by atoms with Gasteiger partial charge in [0, 0.05) is 13.5 Å². The summed E-state index contributed by atoms with van der Waals surface area (Å²) in [7, 11) is -3.58. The molecule has 116 valence electrons. The fourth-order valence-electron chi connectivity index (χ4n) is 2.05. The molecule has 1 heterocycles. The van der Waals surface area contributed by atoms with Crippen molar-refractivity contribution in [3.63, 3.8) is 0 Å². The number of carbonyl (C=O) groups excluding carboxylic acids is 1. The van der Waals surface area contributed by atoms with Gasteiger partial charge >= 0.3 is 0 Å². The van der Waals surface area contributed by atoms with E-state index in [1.807, 2.05) is 13.8 Å². The third-order valence-electron chi connectivity index (χ3n) is 3.17. The Kier molecular flexibility index (Phi) is 4.53. The molecule has 0 aliphatic carbocycles. The summed E-state index contributed by atoms with van der Waals surface area (Å²) in [4.78, 5) is 13.3. The molecule has 1 aromatic rings. The smallest absolute Gasteiger partial charge is 0.240 e. The average Bonchev–Trinajstić information content (AvgIpc) is 2.43. The van der Waals surface area contributed by atoms with E-state index < -0.39 is 10.0 Å². The highest BCUT2D eigenvalue weighted by molar-refractivity contribution is 7.89. The molecule has 1 amide bonds. The quantitative estimate of drug-likeness (QED) is 0.911. The zero-order chi connectivity index (χ0) is 15.6. The summed E-state index contributed by atoms with van der Waals surface area (Å²) < 4.78 is 32.5. The van der Waals surface area contributed by atoms with Gasteiger partial charge in [-0.25, -0.2) is 13.1 Å². The van der Waals surface area contributed by atoms with Gasteiger partial charge in [-0.05, 0) is 24.1 Å². The van der Waals surface area contributed by atoms with Crippen molar-refractivity contribution in [2.45, 2.75) is 25.7 Å². The van der Waals surface area contributed by atoms with Crippen LogP contribution in [0.15, 0.2) is 23.1 Å². The Morgan fingerprint density at radius 2 is 2.14 bits per heavy atom. The Balaban J connectivity index is 2.35. The molecule has 21 heavy (non-hydrogen) atoms. The molecule has 2 rings (SSSR count). The number of carbonyl (C=O) groups is 1. The maximum Gasteiger partial charge on any atom is 0.240 e. The fourth-order valence-corrected chi connectivity index (χ4v) is 3.28. The Morgan fingerprint density at radius 1 is 1.43 bits per heavy atom. The second-order valence-corrected chi connectivity index (χ2v) is 7.16. The standard InChI is InChI=1S/C14H20N2O4S/c1-10(2)9-15-21(18,19)12-4-5-14-13(8-12)16(11(3)17)6-7-20-14/h4-5,8,10,15H,6-7,9H2,1-3H3. The molecule has 1 aliphatic heterocycles. The molecule has 1 N–H and O–H groups in total. The van der Waals surface area contributed by atoms with Crippen LogP contribution in [0.3, 0.4) is 0 Å². The van der Waals surface area contributed by atoms with E-state index in [-0.39, 0.29) is 16.7 Å². The number of rotatable bonds is 4. The van der Waals surface area contributed by atoms with Crippen molar-refractivity contribution >= 4 is 21.6 Å². The minimum Gasteiger partial charge on any atom is -0.490 e. The van der Waals surface area contributed by atoms with Crippen LogP contribution in [0, 0.1) is 5.92 Å². The molecule has 1 aromatic carbocycles. The van der Waals surface area contributed by atoms with Crippen LogP contribution in [0.2, 0.25) is 0 Å². The highest BCUT2D eigenvalue weighted by Crippen LogP contribution is 2.33. The molecule has 0 spiro atoms. The van der Waals surface area contributed by atoms with Crippen LogP contribution in [0.25, 0.3) is 0 Å². The number of benzene rings is 1. The number of anilines is 1. The maximum absolute atomic E-state index is 12.2. The van der Waals surface area contributed by atoms with Gasteiger partial charge in [-0.1, -0.05) is 13.8 Å². The molecule has 0 atom stereocenters. The summed E-state index contributed by atoms with van der Waals surface area (Å²) in [6, 6.07) is 4.57. The van der Waals surface area contributed by atoms with Crippen molar-refractivity contribution in [1.29, 1.82) is 0 Å². The molecule has 0 bridgehead atoms. The number of amides is 1. The zero-order valence-electron chi connectivity index (χ0n) is 12.4. The Bertz CT molecular complexity index is 640. The summed E-state index contributed by atoms with van der Waals surface area (Å²) in [5, 5.41) is 0. The van der Waals surface area contributed by atoms with Gasteiger partial charge in [0.05, 0.1) is 17.1 Å². The lowest BCUT2D eigenvalue weighted by molar-refractivity contribution is -0.116. The van der Waals surface area contributed by atoms with Crippen LogP contribution in [0.5, 0.6) is 5.75 Å². The van der Waals surface area contributed by atoms with Crippen molar-refractivity contribution in [1.82, 2.24) is 4.72 Å². The minimum atomic E-state index is -3.58. The van der Waals surface area contributed by atoms with Crippen molar-refractivity contribution in [2.75, 3.05) is 24.6 Å². The molecule has 0 saturated heterocycles. The number of hydrogen-bond acceptors (Lipinski definition) is 4. The first-order chi connectivity index (χ1) is 9.81. The summed E-state index contributed by atoms with van der Waals surface area (Å²) in [6.07, 6.45) is 0. The monoisotopic (exact) mass is 312 g/mol. The predicted molar refractivity (Wildman–Crippen MR) is 80.0 cm³/mol. The first-order valence-electron chi connectivity index (χ1n) is 6.86. The average molecular weight is 312 g/mol. The van der Waals surface area contributed by atoms with Crippen LogP contribution in [0.4, 0.5) is 5.69 Å². The lowest BCUT2D eigenvalue weighted by Crippen LogP contribution is -2.36. The van der Waals surface area contributed by atoms with E-state index in [2.05, 4.69) is 4.72 Å². The van der Waals surface area contributed by atoms with Gasteiger partial charge < -0.3 is 9.64 Å². The minimum absolute atomic E-state index is 0.135. The zero-order valence-corrected chi connectivity index (χ0v) is 13.2. The molecule has 0 fully saturated rings. The number of nitrogens with one attached hydrogen (secondary N) is 1. The Labute approximate surface area is 125 Å². The lowest BCUT2D eigenvalue weighted by atomic mass is 10.2. The molecule has 7 heteroatoms. The number of ether oxygens (including phenoxy) is 1.